The molecule has 2 N–H and O–H groups in total. The van der Waals surface area contributed by atoms with E-state index in [4.69, 9.17) is 5.73 Å². The van der Waals surface area contributed by atoms with E-state index in [1.807, 2.05) is 0 Å². The van der Waals surface area contributed by atoms with Crippen LogP contribution in [-0.2, 0) is 0 Å². The summed E-state index contributed by atoms with van der Waals surface area (Å²) < 4.78 is 0. The molecule has 2 atom stereocenters. The molecule has 0 radical (unpaired) electrons. The minimum absolute atomic E-state index is 0.404. The molecule has 1 aliphatic carbocycles. The molecule has 0 saturated heterocycles. The fourth-order valence-corrected chi connectivity index (χ4v) is 1.94. The first kappa shape index (κ1) is 8.06. The van der Waals surface area contributed by atoms with Gasteiger partial charge in [0.2, 0.25) is 0 Å². The van der Waals surface area contributed by atoms with Crippen LogP contribution in [-0.4, -0.2) is 6.04 Å². The molecule has 0 aromatic rings. The van der Waals surface area contributed by atoms with Crippen LogP contribution < -0.4 is 5.73 Å². The summed E-state index contributed by atoms with van der Waals surface area (Å²) in [4.78, 5) is 0. The van der Waals surface area contributed by atoms with Crippen molar-refractivity contribution in [3.8, 4) is 0 Å². The van der Waals surface area contributed by atoms with E-state index in [9.17, 15) is 0 Å². The second kappa shape index (κ2) is 2.54. The maximum atomic E-state index is 5.82. The van der Waals surface area contributed by atoms with E-state index >= 15 is 0 Å². The van der Waals surface area contributed by atoms with Gasteiger partial charge in [-0.15, -0.1) is 0 Å². The minimum Gasteiger partial charge on any atom is -0.328 e. The summed E-state index contributed by atoms with van der Waals surface area (Å²) in [6.07, 6.45) is 4.02. The third-order valence-corrected chi connectivity index (χ3v) is 2.75. The third-order valence-electron chi connectivity index (χ3n) is 2.75. The first-order valence-corrected chi connectivity index (χ1v) is 4.27. The lowest BCUT2D eigenvalue weighted by atomic mass is 9.89. The Bertz CT molecular complexity index is 116. The molecule has 0 spiro atoms. The van der Waals surface area contributed by atoms with E-state index in [2.05, 4.69) is 20.8 Å². The average molecular weight is 141 g/mol. The summed E-state index contributed by atoms with van der Waals surface area (Å²) in [6.45, 7) is 6.82. The van der Waals surface area contributed by atoms with E-state index in [1.165, 1.54) is 19.3 Å². The van der Waals surface area contributed by atoms with Gasteiger partial charge < -0.3 is 5.73 Å². The summed E-state index contributed by atoms with van der Waals surface area (Å²) in [6, 6.07) is 0.404. The molecule has 1 saturated carbocycles. The molecule has 0 heterocycles. The Balaban J connectivity index is 2.43. The summed E-state index contributed by atoms with van der Waals surface area (Å²) in [5.74, 6) is 0.787. The van der Waals surface area contributed by atoms with Crippen LogP contribution in [0, 0.1) is 11.3 Å². The van der Waals surface area contributed by atoms with E-state index in [0.717, 1.165) is 5.92 Å². The normalized spacial score (nSPS) is 34.2. The van der Waals surface area contributed by atoms with Gasteiger partial charge in [-0.1, -0.05) is 13.8 Å². The van der Waals surface area contributed by atoms with Gasteiger partial charge in [0, 0.05) is 6.04 Å². The Morgan fingerprint density at radius 3 is 2.30 bits per heavy atom. The lowest BCUT2D eigenvalue weighted by molar-refractivity contribution is 0.345. The highest BCUT2D eigenvalue weighted by Crippen LogP contribution is 2.41. The molecule has 1 aliphatic rings. The molecule has 1 heteroatoms. The fraction of sp³-hybridized carbons (Fsp3) is 1.00. The average Bonchev–Trinajstić information content (AvgIpc) is 2.10. The molecule has 1 unspecified atom stereocenters. The first-order chi connectivity index (χ1) is 4.51. The zero-order valence-corrected chi connectivity index (χ0v) is 7.35. The fourth-order valence-electron chi connectivity index (χ4n) is 1.94. The van der Waals surface area contributed by atoms with E-state index in [1.54, 1.807) is 0 Å². The van der Waals surface area contributed by atoms with Gasteiger partial charge in [-0.3, -0.25) is 0 Å². The van der Waals surface area contributed by atoms with Crippen molar-refractivity contribution < 1.29 is 0 Å². The van der Waals surface area contributed by atoms with Crippen LogP contribution in [0.4, 0.5) is 0 Å². The molecule has 0 aromatic carbocycles. The van der Waals surface area contributed by atoms with Gasteiger partial charge in [0.25, 0.3) is 0 Å². The van der Waals surface area contributed by atoms with Crippen molar-refractivity contribution in [1.82, 2.24) is 0 Å². The zero-order chi connectivity index (χ0) is 7.78. The van der Waals surface area contributed by atoms with Crippen LogP contribution in [0.3, 0.4) is 0 Å². The quantitative estimate of drug-likeness (QED) is 0.595. The second-order valence-corrected chi connectivity index (χ2v) is 4.53. The lowest BCUT2D eigenvalue weighted by Crippen LogP contribution is -2.25. The Morgan fingerprint density at radius 2 is 2.10 bits per heavy atom. The molecule has 1 rings (SSSR count). The third kappa shape index (κ3) is 1.72. The highest BCUT2D eigenvalue weighted by Gasteiger charge is 2.32. The first-order valence-electron chi connectivity index (χ1n) is 4.27. The molecule has 0 amide bonds. The molecular weight excluding hydrogens is 122 g/mol. The predicted octanol–water partition coefficient (Wildman–Crippen LogP) is 2.16. The van der Waals surface area contributed by atoms with Crippen molar-refractivity contribution in [2.45, 2.75) is 46.1 Å². The van der Waals surface area contributed by atoms with Crippen molar-refractivity contribution in [3.05, 3.63) is 0 Å². The molecular formula is C9H19N. The largest absolute Gasteiger partial charge is 0.328 e. The van der Waals surface area contributed by atoms with Crippen LogP contribution in [0.5, 0.6) is 0 Å². The molecule has 1 fully saturated rings. The topological polar surface area (TPSA) is 26.0 Å². The SMILES string of the molecule is C[C@H](N)C1CCC(C)(C)C1. The maximum Gasteiger partial charge on any atom is 0.00389 e. The minimum atomic E-state index is 0.404. The second-order valence-electron chi connectivity index (χ2n) is 4.53. The molecule has 10 heavy (non-hydrogen) atoms. The van der Waals surface area contributed by atoms with Gasteiger partial charge in [-0.2, -0.15) is 0 Å². The summed E-state index contributed by atoms with van der Waals surface area (Å²) >= 11 is 0. The number of nitrogens with two attached hydrogens (primary N) is 1. The van der Waals surface area contributed by atoms with Gasteiger partial charge in [0.05, 0.1) is 0 Å². The molecule has 60 valence electrons. The van der Waals surface area contributed by atoms with Crippen LogP contribution in [0.1, 0.15) is 40.0 Å². The van der Waals surface area contributed by atoms with Crippen LogP contribution >= 0.6 is 0 Å². The summed E-state index contributed by atoms with van der Waals surface area (Å²) in [7, 11) is 0. The zero-order valence-electron chi connectivity index (χ0n) is 7.35. The Labute approximate surface area is 64.0 Å². The molecule has 0 aliphatic heterocycles. The van der Waals surface area contributed by atoms with Gasteiger partial charge in [0.15, 0.2) is 0 Å². The maximum absolute atomic E-state index is 5.82. The standard InChI is InChI=1S/C9H19N/c1-7(10)8-4-5-9(2,3)6-8/h7-8H,4-6,10H2,1-3H3/t7-,8?/m0/s1. The van der Waals surface area contributed by atoms with Crippen molar-refractivity contribution in [1.29, 1.82) is 0 Å². The molecule has 0 bridgehead atoms. The van der Waals surface area contributed by atoms with Crippen molar-refractivity contribution in [2.24, 2.45) is 17.1 Å². The van der Waals surface area contributed by atoms with Gasteiger partial charge >= 0.3 is 0 Å². The predicted molar refractivity (Wildman–Crippen MR) is 44.8 cm³/mol. The number of hydrogen-bond donors (Lipinski definition) is 1. The van der Waals surface area contributed by atoms with Crippen LogP contribution in [0.15, 0.2) is 0 Å². The van der Waals surface area contributed by atoms with Gasteiger partial charge in [-0.05, 0) is 37.5 Å². The van der Waals surface area contributed by atoms with Gasteiger partial charge in [0.1, 0.15) is 0 Å². The van der Waals surface area contributed by atoms with Crippen molar-refractivity contribution in [3.63, 3.8) is 0 Å². The smallest absolute Gasteiger partial charge is 0.00389 e. The van der Waals surface area contributed by atoms with Crippen molar-refractivity contribution >= 4 is 0 Å². The van der Waals surface area contributed by atoms with Crippen molar-refractivity contribution in [2.75, 3.05) is 0 Å². The van der Waals surface area contributed by atoms with Gasteiger partial charge in [-0.25, -0.2) is 0 Å². The highest BCUT2D eigenvalue weighted by molar-refractivity contribution is 4.85. The summed E-state index contributed by atoms with van der Waals surface area (Å²) in [5, 5.41) is 0. The Hall–Kier alpha value is -0.0400. The monoisotopic (exact) mass is 141 g/mol. The van der Waals surface area contributed by atoms with Crippen LogP contribution in [0.2, 0.25) is 0 Å². The lowest BCUT2D eigenvalue weighted by Gasteiger charge is -2.18. The highest BCUT2D eigenvalue weighted by atomic mass is 14.6. The molecule has 0 aromatic heterocycles. The van der Waals surface area contributed by atoms with E-state index in [0.29, 0.717) is 11.5 Å². The Morgan fingerprint density at radius 1 is 1.50 bits per heavy atom. The summed E-state index contributed by atoms with van der Waals surface area (Å²) in [5.41, 5.74) is 6.39. The Kier molecular flexibility index (Phi) is 2.04. The van der Waals surface area contributed by atoms with E-state index < -0.39 is 0 Å². The van der Waals surface area contributed by atoms with Crippen LogP contribution in [0.25, 0.3) is 0 Å². The number of hydrogen-bond acceptors (Lipinski definition) is 1. The van der Waals surface area contributed by atoms with E-state index in [-0.39, 0.29) is 0 Å². The molecule has 1 nitrogen and oxygen atoms in total. The number of rotatable bonds is 1.